The lowest BCUT2D eigenvalue weighted by Crippen LogP contribution is -2.30. The fourth-order valence-electron chi connectivity index (χ4n) is 6.50. The predicted molar refractivity (Wildman–Crippen MR) is 270 cm³/mol. The lowest BCUT2D eigenvalue weighted by atomic mass is 10.1. The maximum Gasteiger partial charge on any atom is 0.306 e. The number of hydrogen-bond donors (Lipinski definition) is 0. The summed E-state index contributed by atoms with van der Waals surface area (Å²) in [5, 5.41) is 0. The van der Waals surface area contributed by atoms with Crippen molar-refractivity contribution in [2.24, 2.45) is 0 Å². The van der Waals surface area contributed by atoms with E-state index in [4.69, 9.17) is 14.2 Å². The molecule has 0 aliphatic heterocycles. The monoisotopic (exact) mass is 873 g/mol. The summed E-state index contributed by atoms with van der Waals surface area (Å²) in [5.41, 5.74) is 0. The van der Waals surface area contributed by atoms with Gasteiger partial charge in [-0.3, -0.25) is 14.4 Å². The molecule has 0 fully saturated rings. The Morgan fingerprint density at radius 1 is 0.333 bits per heavy atom. The van der Waals surface area contributed by atoms with Crippen LogP contribution in [0.15, 0.2) is 109 Å². The summed E-state index contributed by atoms with van der Waals surface area (Å²) < 4.78 is 16.7. The molecule has 6 nitrogen and oxygen atoms in total. The van der Waals surface area contributed by atoms with Crippen LogP contribution in [0, 0.1) is 0 Å². The van der Waals surface area contributed by atoms with E-state index in [1.54, 1.807) is 0 Å². The molecule has 0 aromatic heterocycles. The number of carbonyl (C=O) groups excluding carboxylic acids is 3. The molecule has 6 heteroatoms. The van der Waals surface area contributed by atoms with Crippen LogP contribution in [0.3, 0.4) is 0 Å². The van der Waals surface area contributed by atoms with Crippen LogP contribution in [0.1, 0.15) is 213 Å². The molecule has 0 amide bonds. The van der Waals surface area contributed by atoms with Gasteiger partial charge >= 0.3 is 17.9 Å². The number of ether oxygens (including phenoxy) is 3. The maximum atomic E-state index is 12.7. The van der Waals surface area contributed by atoms with E-state index in [-0.39, 0.29) is 31.6 Å². The third-order valence-corrected chi connectivity index (χ3v) is 10.3. The van der Waals surface area contributed by atoms with E-state index in [1.807, 2.05) is 12.2 Å². The van der Waals surface area contributed by atoms with Crippen molar-refractivity contribution in [3.63, 3.8) is 0 Å². The second-order valence-corrected chi connectivity index (χ2v) is 16.3. The van der Waals surface area contributed by atoms with Crippen LogP contribution >= 0.6 is 0 Å². The third-order valence-electron chi connectivity index (χ3n) is 10.3. The molecular weight excluding hydrogens is 781 g/mol. The van der Waals surface area contributed by atoms with Crippen molar-refractivity contribution < 1.29 is 28.6 Å². The number of hydrogen-bond acceptors (Lipinski definition) is 6. The van der Waals surface area contributed by atoms with Gasteiger partial charge in [-0.2, -0.15) is 0 Å². The van der Waals surface area contributed by atoms with Crippen LogP contribution in [0.5, 0.6) is 0 Å². The van der Waals surface area contributed by atoms with Gasteiger partial charge in [0.15, 0.2) is 6.10 Å². The quantitative estimate of drug-likeness (QED) is 0.0263. The molecule has 1 unspecified atom stereocenters. The average molecular weight is 873 g/mol. The molecule has 0 spiro atoms. The highest BCUT2D eigenvalue weighted by atomic mass is 16.6. The van der Waals surface area contributed by atoms with Gasteiger partial charge in [-0.25, -0.2) is 0 Å². The molecule has 63 heavy (non-hydrogen) atoms. The van der Waals surface area contributed by atoms with Crippen LogP contribution < -0.4 is 0 Å². The predicted octanol–water partition coefficient (Wildman–Crippen LogP) is 16.8. The van der Waals surface area contributed by atoms with Gasteiger partial charge in [-0.1, -0.05) is 194 Å². The highest BCUT2D eigenvalue weighted by Crippen LogP contribution is 2.13. The number of unbranched alkanes of at least 4 members (excludes halogenated alkanes) is 15. The van der Waals surface area contributed by atoms with Gasteiger partial charge in [0.25, 0.3) is 0 Å². The van der Waals surface area contributed by atoms with Crippen LogP contribution in [-0.2, 0) is 28.6 Å². The van der Waals surface area contributed by atoms with Crippen molar-refractivity contribution in [1.29, 1.82) is 0 Å². The topological polar surface area (TPSA) is 78.9 Å². The second-order valence-electron chi connectivity index (χ2n) is 16.3. The summed E-state index contributed by atoms with van der Waals surface area (Å²) >= 11 is 0. The Morgan fingerprint density at radius 3 is 1.05 bits per heavy atom. The van der Waals surface area contributed by atoms with E-state index in [0.29, 0.717) is 19.3 Å². The standard InChI is InChI=1S/C57H92O6/c1-4-7-10-13-16-19-22-25-26-27-28-29-30-33-35-38-41-44-47-50-56(59)62-53-54(63-57(60)51-48-45-42-39-36-32-24-21-18-15-12-9-6-3)52-61-55(58)49-46-43-40-37-34-31-23-20-17-14-11-8-5-2/h8-9,11-12,16-21,25-26,31-32,34,36,42,45,54H,4-7,10,13-15,22-24,27-30,33,35,37-41,43-44,46-53H2,1-3H3/b11-8-,12-9-,19-16-,20-17-,21-18-,26-25-,34-31-,36-32-,45-42-. The Labute approximate surface area is 387 Å². The SMILES string of the molecule is CC/C=C\C/C=C\C/C=C\C/C=C\CCC(=O)OC(COC(=O)CCCCC/C=C\C/C=C\C/C=C\CC)COC(=O)CCCCCCCCCCC/C=C\C/C=C\CCCCC. The first-order valence-electron chi connectivity index (χ1n) is 25.4. The first-order chi connectivity index (χ1) is 31.0. The molecule has 0 rings (SSSR count). The highest BCUT2D eigenvalue weighted by molar-refractivity contribution is 5.71. The van der Waals surface area contributed by atoms with E-state index in [9.17, 15) is 14.4 Å². The highest BCUT2D eigenvalue weighted by Gasteiger charge is 2.19. The average Bonchev–Trinajstić information content (AvgIpc) is 3.28. The summed E-state index contributed by atoms with van der Waals surface area (Å²) in [6, 6.07) is 0. The van der Waals surface area contributed by atoms with E-state index >= 15 is 0 Å². The first kappa shape index (κ1) is 59.1. The number of esters is 3. The van der Waals surface area contributed by atoms with Gasteiger partial charge in [0.2, 0.25) is 0 Å². The molecule has 0 saturated carbocycles. The fourth-order valence-corrected chi connectivity index (χ4v) is 6.50. The second kappa shape index (κ2) is 50.7. The largest absolute Gasteiger partial charge is 0.462 e. The first-order valence-corrected chi connectivity index (χ1v) is 25.4. The zero-order chi connectivity index (χ0) is 45.8. The number of rotatable bonds is 44. The molecular formula is C57H92O6. The van der Waals surface area contributed by atoms with Gasteiger partial charge < -0.3 is 14.2 Å². The molecule has 356 valence electrons. The third kappa shape index (κ3) is 49.0. The summed E-state index contributed by atoms with van der Waals surface area (Å²) in [4.78, 5) is 37.9. The number of carbonyl (C=O) groups is 3. The fraction of sp³-hybridized carbons (Fsp3) is 0.632. The smallest absolute Gasteiger partial charge is 0.306 e. The lowest BCUT2D eigenvalue weighted by molar-refractivity contribution is -0.166. The molecule has 1 atom stereocenters. The van der Waals surface area contributed by atoms with E-state index in [1.165, 1.54) is 70.6 Å². The Bertz CT molecular complexity index is 1330. The van der Waals surface area contributed by atoms with Crippen molar-refractivity contribution in [1.82, 2.24) is 0 Å². The zero-order valence-corrected chi connectivity index (χ0v) is 40.5. The molecule has 0 bridgehead atoms. The maximum absolute atomic E-state index is 12.7. The summed E-state index contributed by atoms with van der Waals surface area (Å²) in [6.45, 7) is 6.27. The van der Waals surface area contributed by atoms with Gasteiger partial charge in [0, 0.05) is 19.3 Å². The van der Waals surface area contributed by atoms with Crippen molar-refractivity contribution in [2.45, 2.75) is 219 Å². The summed E-state index contributed by atoms with van der Waals surface area (Å²) in [6.07, 6.45) is 68.0. The van der Waals surface area contributed by atoms with E-state index < -0.39 is 12.1 Å². The minimum atomic E-state index is -0.831. The van der Waals surface area contributed by atoms with E-state index in [0.717, 1.165) is 96.3 Å². The van der Waals surface area contributed by atoms with Crippen LogP contribution in [0.25, 0.3) is 0 Å². The zero-order valence-electron chi connectivity index (χ0n) is 40.5. The van der Waals surface area contributed by atoms with Crippen molar-refractivity contribution in [3.8, 4) is 0 Å². The number of allylic oxidation sites excluding steroid dienone is 18. The summed E-state index contributed by atoms with van der Waals surface area (Å²) in [7, 11) is 0. The molecule has 0 N–H and O–H groups in total. The van der Waals surface area contributed by atoms with Crippen LogP contribution in [0.4, 0.5) is 0 Å². The molecule has 0 saturated heterocycles. The molecule has 0 heterocycles. The van der Waals surface area contributed by atoms with Crippen molar-refractivity contribution in [3.05, 3.63) is 109 Å². The van der Waals surface area contributed by atoms with Crippen LogP contribution in [-0.4, -0.2) is 37.2 Å². The van der Waals surface area contributed by atoms with Gasteiger partial charge in [-0.15, -0.1) is 0 Å². The van der Waals surface area contributed by atoms with Gasteiger partial charge in [0.1, 0.15) is 13.2 Å². The molecule has 0 aliphatic rings. The lowest BCUT2D eigenvalue weighted by Gasteiger charge is -2.18. The van der Waals surface area contributed by atoms with Crippen LogP contribution in [0.2, 0.25) is 0 Å². The van der Waals surface area contributed by atoms with Gasteiger partial charge in [-0.05, 0) is 109 Å². The Balaban J connectivity index is 4.48. The molecule has 0 radical (unpaired) electrons. The van der Waals surface area contributed by atoms with E-state index in [2.05, 4.69) is 118 Å². The Kier molecular flexibility index (Phi) is 47.5. The minimum absolute atomic E-state index is 0.120. The van der Waals surface area contributed by atoms with Gasteiger partial charge in [0.05, 0.1) is 0 Å². The molecule has 0 aromatic carbocycles. The normalized spacial score (nSPS) is 13.0. The minimum Gasteiger partial charge on any atom is -0.462 e. The Morgan fingerprint density at radius 2 is 0.651 bits per heavy atom. The Hall–Kier alpha value is -3.93. The van der Waals surface area contributed by atoms with Crippen molar-refractivity contribution in [2.75, 3.05) is 13.2 Å². The summed E-state index contributed by atoms with van der Waals surface area (Å²) in [5.74, 6) is -1.04. The van der Waals surface area contributed by atoms with Crippen molar-refractivity contribution >= 4 is 17.9 Å². The molecule has 0 aromatic rings. The molecule has 0 aliphatic carbocycles.